The zero-order valence-electron chi connectivity index (χ0n) is 18.9. The molecule has 2 atom stereocenters. The molecule has 0 radical (unpaired) electrons. The predicted molar refractivity (Wildman–Crippen MR) is 126 cm³/mol. The van der Waals surface area contributed by atoms with E-state index < -0.39 is 0 Å². The van der Waals surface area contributed by atoms with Crippen LogP contribution in [0, 0.1) is 5.92 Å². The maximum absolute atomic E-state index is 12.8. The lowest BCUT2D eigenvalue weighted by Crippen LogP contribution is -2.49. The van der Waals surface area contributed by atoms with Crippen LogP contribution in [0.5, 0.6) is 0 Å². The molecule has 2 amide bonds. The highest BCUT2D eigenvalue weighted by atomic mass is 16.2. The van der Waals surface area contributed by atoms with Gasteiger partial charge in [0.25, 0.3) is 0 Å². The molecule has 4 rings (SSSR count). The molecule has 166 valence electrons. The van der Waals surface area contributed by atoms with Crippen LogP contribution in [-0.4, -0.2) is 41.2 Å². The standard InChI is InChI=1S/C27H36N2O2/c1-28(20-23-13-8-12-21-10-2-4-15-24(21)23)26(30)17-6-7-18-27(31)29-19-9-14-22-11-3-5-16-25(22)29/h2,4,8,10,12-13,15,22,25H,3,5-7,9,11,14,16-20H2,1H3. The monoisotopic (exact) mass is 420 g/mol. The Bertz CT molecular complexity index is 902. The molecule has 2 fully saturated rings. The summed E-state index contributed by atoms with van der Waals surface area (Å²) in [4.78, 5) is 29.5. The smallest absolute Gasteiger partial charge is 0.222 e. The summed E-state index contributed by atoms with van der Waals surface area (Å²) < 4.78 is 0. The minimum Gasteiger partial charge on any atom is -0.341 e. The van der Waals surface area contributed by atoms with Gasteiger partial charge in [0, 0.05) is 39.0 Å². The Balaban J connectivity index is 1.22. The van der Waals surface area contributed by atoms with Gasteiger partial charge in [0.05, 0.1) is 0 Å². The number of hydrogen-bond acceptors (Lipinski definition) is 2. The van der Waals surface area contributed by atoms with E-state index in [9.17, 15) is 9.59 Å². The van der Waals surface area contributed by atoms with Crippen molar-refractivity contribution in [2.75, 3.05) is 13.6 Å². The van der Waals surface area contributed by atoms with Gasteiger partial charge in [-0.1, -0.05) is 55.3 Å². The number of piperidine rings is 1. The largest absolute Gasteiger partial charge is 0.341 e. The van der Waals surface area contributed by atoms with Crippen molar-refractivity contribution in [1.82, 2.24) is 9.80 Å². The summed E-state index contributed by atoms with van der Waals surface area (Å²) in [6.45, 7) is 1.56. The van der Waals surface area contributed by atoms with Crippen molar-refractivity contribution >= 4 is 22.6 Å². The first-order valence-corrected chi connectivity index (χ1v) is 12.1. The molecule has 0 spiro atoms. The van der Waals surface area contributed by atoms with Crippen LogP contribution in [0.3, 0.4) is 0 Å². The Kier molecular flexibility index (Phi) is 7.26. The first-order valence-electron chi connectivity index (χ1n) is 12.1. The Morgan fingerprint density at radius 1 is 0.935 bits per heavy atom. The molecule has 2 aromatic rings. The molecule has 0 aromatic heterocycles. The highest BCUT2D eigenvalue weighted by Gasteiger charge is 2.35. The van der Waals surface area contributed by atoms with Gasteiger partial charge in [-0.2, -0.15) is 0 Å². The molecule has 31 heavy (non-hydrogen) atoms. The number of likely N-dealkylation sites (tertiary alicyclic amines) is 1. The van der Waals surface area contributed by atoms with E-state index in [1.165, 1.54) is 48.4 Å². The molecule has 0 bridgehead atoms. The summed E-state index contributed by atoms with van der Waals surface area (Å²) >= 11 is 0. The van der Waals surface area contributed by atoms with Crippen molar-refractivity contribution in [3.8, 4) is 0 Å². The summed E-state index contributed by atoms with van der Waals surface area (Å²) in [5, 5.41) is 2.41. The van der Waals surface area contributed by atoms with Crippen molar-refractivity contribution in [1.29, 1.82) is 0 Å². The molecular weight excluding hydrogens is 384 g/mol. The van der Waals surface area contributed by atoms with E-state index >= 15 is 0 Å². The van der Waals surface area contributed by atoms with Crippen LogP contribution in [-0.2, 0) is 16.1 Å². The molecule has 1 aliphatic heterocycles. The van der Waals surface area contributed by atoms with Gasteiger partial charge in [0.2, 0.25) is 11.8 Å². The maximum atomic E-state index is 12.8. The number of fused-ring (bicyclic) bond motifs is 2. The van der Waals surface area contributed by atoms with Crippen molar-refractivity contribution in [2.24, 2.45) is 5.92 Å². The van der Waals surface area contributed by atoms with E-state index in [1.807, 2.05) is 24.1 Å². The molecule has 2 aromatic carbocycles. The maximum Gasteiger partial charge on any atom is 0.222 e. The predicted octanol–water partition coefficient (Wildman–Crippen LogP) is 5.54. The molecule has 2 unspecified atom stereocenters. The molecule has 2 aliphatic rings. The minimum absolute atomic E-state index is 0.158. The zero-order valence-corrected chi connectivity index (χ0v) is 18.9. The number of carbonyl (C=O) groups excluding carboxylic acids is 2. The van der Waals surface area contributed by atoms with E-state index in [4.69, 9.17) is 0 Å². The van der Waals surface area contributed by atoms with E-state index in [2.05, 4.69) is 35.2 Å². The first-order chi connectivity index (χ1) is 15.1. The Labute approximate surface area is 186 Å². The van der Waals surface area contributed by atoms with Gasteiger partial charge < -0.3 is 9.80 Å². The second-order valence-electron chi connectivity index (χ2n) is 9.44. The van der Waals surface area contributed by atoms with Crippen molar-refractivity contribution in [2.45, 2.75) is 76.8 Å². The van der Waals surface area contributed by atoms with Crippen LogP contribution < -0.4 is 0 Å². The molecule has 4 heteroatoms. The first kappa shape index (κ1) is 21.9. The summed E-state index contributed by atoms with van der Waals surface area (Å²) in [5.74, 6) is 1.20. The van der Waals surface area contributed by atoms with Crippen LogP contribution in [0.15, 0.2) is 42.5 Å². The lowest BCUT2D eigenvalue weighted by molar-refractivity contribution is -0.138. The molecule has 1 aliphatic carbocycles. The molecule has 1 saturated heterocycles. The Morgan fingerprint density at radius 2 is 1.68 bits per heavy atom. The molecule has 1 heterocycles. The van der Waals surface area contributed by atoms with Gasteiger partial charge in [0.1, 0.15) is 0 Å². The number of rotatable bonds is 7. The normalized spacial score (nSPS) is 21.0. The SMILES string of the molecule is CN(Cc1cccc2ccccc12)C(=O)CCCCC(=O)N1CCCC2CCCCC21. The van der Waals surface area contributed by atoms with Gasteiger partial charge >= 0.3 is 0 Å². The number of amides is 2. The number of benzene rings is 2. The average molecular weight is 421 g/mol. The second-order valence-corrected chi connectivity index (χ2v) is 9.44. The van der Waals surface area contributed by atoms with E-state index in [-0.39, 0.29) is 5.91 Å². The van der Waals surface area contributed by atoms with Crippen molar-refractivity contribution in [3.63, 3.8) is 0 Å². The summed E-state index contributed by atoms with van der Waals surface area (Å²) in [5.41, 5.74) is 1.18. The number of carbonyl (C=O) groups is 2. The van der Waals surface area contributed by atoms with Crippen LogP contribution in [0.2, 0.25) is 0 Å². The Morgan fingerprint density at radius 3 is 2.58 bits per heavy atom. The molecule has 1 saturated carbocycles. The Hall–Kier alpha value is -2.36. The van der Waals surface area contributed by atoms with Gasteiger partial charge in [-0.05, 0) is 60.8 Å². The third-order valence-corrected chi connectivity index (χ3v) is 7.31. The number of hydrogen-bond donors (Lipinski definition) is 0. The van der Waals surface area contributed by atoms with E-state index in [1.54, 1.807) is 0 Å². The fraction of sp³-hybridized carbons (Fsp3) is 0.556. The third kappa shape index (κ3) is 5.28. The fourth-order valence-corrected chi connectivity index (χ4v) is 5.60. The summed E-state index contributed by atoms with van der Waals surface area (Å²) in [7, 11) is 1.88. The van der Waals surface area contributed by atoms with Gasteiger partial charge in [-0.15, -0.1) is 0 Å². The number of nitrogens with zero attached hydrogens (tertiary/aromatic N) is 2. The summed E-state index contributed by atoms with van der Waals surface area (Å²) in [6, 6.07) is 15.1. The molecule has 4 nitrogen and oxygen atoms in total. The van der Waals surface area contributed by atoms with Gasteiger partial charge in [-0.25, -0.2) is 0 Å². The number of unbranched alkanes of at least 4 members (excludes halogenated alkanes) is 1. The second kappa shape index (κ2) is 10.3. The highest BCUT2D eigenvalue weighted by molar-refractivity contribution is 5.86. The van der Waals surface area contributed by atoms with Crippen LogP contribution in [0.4, 0.5) is 0 Å². The lowest BCUT2D eigenvalue weighted by Gasteiger charge is -2.44. The quantitative estimate of drug-likeness (QED) is 0.552. The van der Waals surface area contributed by atoms with E-state index in [0.717, 1.165) is 31.7 Å². The van der Waals surface area contributed by atoms with Gasteiger partial charge in [0.15, 0.2) is 0 Å². The van der Waals surface area contributed by atoms with E-state index in [0.29, 0.717) is 31.3 Å². The summed E-state index contributed by atoms with van der Waals surface area (Å²) in [6.07, 6.45) is 10.2. The average Bonchev–Trinajstić information content (AvgIpc) is 2.81. The molecule has 0 N–H and O–H groups in total. The minimum atomic E-state index is 0.158. The van der Waals surface area contributed by atoms with Crippen LogP contribution >= 0.6 is 0 Å². The zero-order chi connectivity index (χ0) is 21.6. The lowest BCUT2D eigenvalue weighted by atomic mass is 9.78. The molecular formula is C27H36N2O2. The van der Waals surface area contributed by atoms with Gasteiger partial charge in [-0.3, -0.25) is 9.59 Å². The van der Waals surface area contributed by atoms with Crippen molar-refractivity contribution < 1.29 is 9.59 Å². The topological polar surface area (TPSA) is 40.6 Å². The fourth-order valence-electron chi connectivity index (χ4n) is 5.60. The van der Waals surface area contributed by atoms with Crippen LogP contribution in [0.25, 0.3) is 10.8 Å². The van der Waals surface area contributed by atoms with Crippen molar-refractivity contribution in [3.05, 3.63) is 48.0 Å². The van der Waals surface area contributed by atoms with Crippen LogP contribution in [0.1, 0.15) is 69.8 Å². The third-order valence-electron chi connectivity index (χ3n) is 7.31. The highest BCUT2D eigenvalue weighted by Crippen LogP contribution is 2.35.